The summed E-state index contributed by atoms with van der Waals surface area (Å²) in [5.74, 6) is -1.08. The third-order valence-corrected chi connectivity index (χ3v) is 4.07. The van der Waals surface area contributed by atoms with Crippen LogP contribution in [0, 0.1) is 5.82 Å². The van der Waals surface area contributed by atoms with E-state index in [0.29, 0.717) is 17.3 Å². The molecular weight excluding hydrogens is 361 g/mol. The first-order valence-electron chi connectivity index (χ1n) is 6.07. The molecule has 0 aliphatic rings. The number of nitrogens with one attached hydrogen (secondary N) is 1. The molecule has 2 rings (SSSR count). The second-order valence-corrected chi connectivity index (χ2v) is 5.55. The molecule has 1 N–H and O–H groups in total. The lowest BCUT2D eigenvalue weighted by molar-refractivity contribution is 0.0601. The van der Waals surface area contributed by atoms with E-state index in [1.54, 1.807) is 6.07 Å². The van der Waals surface area contributed by atoms with E-state index in [9.17, 15) is 9.18 Å². The maximum absolute atomic E-state index is 13.2. The van der Waals surface area contributed by atoms with E-state index in [4.69, 9.17) is 11.6 Å². The summed E-state index contributed by atoms with van der Waals surface area (Å²) < 4.78 is 18.7. The second kappa shape index (κ2) is 6.91. The van der Waals surface area contributed by atoms with Crippen LogP contribution in [0.2, 0.25) is 5.02 Å². The van der Waals surface area contributed by atoms with Crippen molar-refractivity contribution < 1.29 is 13.9 Å². The molecule has 0 spiro atoms. The Labute approximate surface area is 135 Å². The van der Waals surface area contributed by atoms with Crippen molar-refractivity contribution in [3.63, 3.8) is 0 Å². The predicted molar refractivity (Wildman–Crippen MR) is 84.2 cm³/mol. The number of carbonyl (C=O) groups is 1. The number of esters is 1. The van der Waals surface area contributed by atoms with Gasteiger partial charge in [-0.2, -0.15) is 0 Å². The number of methoxy groups -OCH3 is 1. The zero-order valence-corrected chi connectivity index (χ0v) is 13.5. The van der Waals surface area contributed by atoms with Crippen molar-refractivity contribution in [3.8, 4) is 0 Å². The Hall–Kier alpha value is -1.59. The molecule has 0 saturated carbocycles. The number of ether oxygens (including phenoxy) is 1. The first-order valence-corrected chi connectivity index (χ1v) is 7.24. The molecule has 0 heterocycles. The minimum atomic E-state index is -0.589. The van der Waals surface area contributed by atoms with Gasteiger partial charge >= 0.3 is 5.97 Å². The van der Waals surface area contributed by atoms with Gasteiger partial charge in [-0.1, -0.05) is 17.7 Å². The molecule has 2 aromatic carbocycles. The van der Waals surface area contributed by atoms with Crippen molar-refractivity contribution >= 4 is 39.2 Å². The number of hydrogen-bond acceptors (Lipinski definition) is 3. The summed E-state index contributed by atoms with van der Waals surface area (Å²) >= 11 is 9.28. The van der Waals surface area contributed by atoms with E-state index < -0.39 is 11.8 Å². The molecule has 2 aromatic rings. The number of anilines is 1. The van der Waals surface area contributed by atoms with Crippen LogP contribution in [0.5, 0.6) is 0 Å². The number of halogens is 3. The molecule has 3 nitrogen and oxygen atoms in total. The van der Waals surface area contributed by atoms with Crippen molar-refractivity contribution in [2.45, 2.75) is 6.54 Å². The van der Waals surface area contributed by atoms with Crippen molar-refractivity contribution in [2.75, 3.05) is 12.4 Å². The molecule has 0 atom stereocenters. The van der Waals surface area contributed by atoms with Crippen molar-refractivity contribution in [1.82, 2.24) is 0 Å². The second-order valence-electron chi connectivity index (χ2n) is 4.28. The Kier molecular flexibility index (Phi) is 5.20. The Morgan fingerprint density at radius 1 is 1.33 bits per heavy atom. The zero-order chi connectivity index (χ0) is 15.4. The maximum atomic E-state index is 13.2. The standard InChI is InChI=1S/C15H12BrClFNO2/c1-21-15(20)11-7-10(18)3-5-14(11)19-8-9-2-4-13(17)12(16)6-9/h2-7,19H,8H2,1H3. The molecule has 0 radical (unpaired) electrons. The number of hydrogen-bond donors (Lipinski definition) is 1. The SMILES string of the molecule is COC(=O)c1cc(F)ccc1NCc1ccc(Cl)c(Br)c1. The van der Waals surface area contributed by atoms with Crippen LogP contribution in [-0.2, 0) is 11.3 Å². The molecule has 0 fully saturated rings. The smallest absolute Gasteiger partial charge is 0.340 e. The van der Waals surface area contributed by atoms with Crippen molar-refractivity contribution in [2.24, 2.45) is 0 Å². The first kappa shape index (κ1) is 15.8. The average Bonchev–Trinajstić information content (AvgIpc) is 2.48. The molecule has 0 unspecified atom stereocenters. The molecular formula is C15H12BrClFNO2. The molecule has 0 aliphatic heterocycles. The van der Waals surface area contributed by atoms with Crippen LogP contribution in [0.3, 0.4) is 0 Å². The van der Waals surface area contributed by atoms with Gasteiger partial charge in [0, 0.05) is 16.7 Å². The summed E-state index contributed by atoms with van der Waals surface area (Å²) in [4.78, 5) is 11.6. The van der Waals surface area contributed by atoms with E-state index in [0.717, 1.165) is 16.1 Å². The highest BCUT2D eigenvalue weighted by atomic mass is 79.9. The fourth-order valence-electron chi connectivity index (χ4n) is 1.80. The van der Waals surface area contributed by atoms with Crippen LogP contribution in [0.25, 0.3) is 0 Å². The van der Waals surface area contributed by atoms with E-state index in [-0.39, 0.29) is 5.56 Å². The largest absolute Gasteiger partial charge is 0.465 e. The van der Waals surface area contributed by atoms with Gasteiger partial charge in [0.1, 0.15) is 5.82 Å². The van der Waals surface area contributed by atoms with Crippen LogP contribution >= 0.6 is 27.5 Å². The van der Waals surface area contributed by atoms with Gasteiger partial charge in [-0.3, -0.25) is 0 Å². The molecule has 21 heavy (non-hydrogen) atoms. The molecule has 0 aromatic heterocycles. The fourth-order valence-corrected chi connectivity index (χ4v) is 2.34. The van der Waals surface area contributed by atoms with Crippen LogP contribution < -0.4 is 5.32 Å². The molecule has 0 aliphatic carbocycles. The van der Waals surface area contributed by atoms with Crippen LogP contribution in [0.1, 0.15) is 15.9 Å². The normalized spacial score (nSPS) is 10.3. The van der Waals surface area contributed by atoms with Gasteiger partial charge in [-0.15, -0.1) is 0 Å². The number of carbonyl (C=O) groups excluding carboxylic acids is 1. The third-order valence-electron chi connectivity index (χ3n) is 2.85. The lowest BCUT2D eigenvalue weighted by Crippen LogP contribution is -2.08. The molecule has 110 valence electrons. The zero-order valence-electron chi connectivity index (χ0n) is 11.1. The monoisotopic (exact) mass is 371 g/mol. The maximum Gasteiger partial charge on any atom is 0.340 e. The Balaban J connectivity index is 2.19. The van der Waals surface area contributed by atoms with E-state index in [1.807, 2.05) is 12.1 Å². The highest BCUT2D eigenvalue weighted by molar-refractivity contribution is 9.10. The lowest BCUT2D eigenvalue weighted by Gasteiger charge is -2.11. The summed E-state index contributed by atoms with van der Waals surface area (Å²) in [5.41, 5.74) is 1.63. The van der Waals surface area contributed by atoms with Crippen LogP contribution in [0.15, 0.2) is 40.9 Å². The molecule has 0 amide bonds. The summed E-state index contributed by atoms with van der Waals surface area (Å²) in [7, 11) is 1.26. The fraction of sp³-hybridized carbons (Fsp3) is 0.133. The Morgan fingerprint density at radius 3 is 2.76 bits per heavy atom. The average molecular weight is 373 g/mol. The summed E-state index contributed by atoms with van der Waals surface area (Å²) in [6, 6.07) is 9.44. The van der Waals surface area contributed by atoms with Crippen molar-refractivity contribution in [1.29, 1.82) is 0 Å². The lowest BCUT2D eigenvalue weighted by atomic mass is 10.1. The number of rotatable bonds is 4. The van der Waals surface area contributed by atoms with Gasteiger partial charge in [0.25, 0.3) is 0 Å². The summed E-state index contributed by atoms with van der Waals surface area (Å²) in [5, 5.41) is 3.71. The van der Waals surface area contributed by atoms with E-state index in [1.165, 1.54) is 19.2 Å². The molecule has 6 heteroatoms. The predicted octanol–water partition coefficient (Wildman–Crippen LogP) is 4.64. The van der Waals surface area contributed by atoms with E-state index >= 15 is 0 Å². The summed E-state index contributed by atoms with van der Waals surface area (Å²) in [6.45, 7) is 0.464. The quantitative estimate of drug-likeness (QED) is 0.795. The summed E-state index contributed by atoms with van der Waals surface area (Å²) in [6.07, 6.45) is 0. The van der Waals surface area contributed by atoms with Crippen LogP contribution in [0.4, 0.5) is 10.1 Å². The van der Waals surface area contributed by atoms with Gasteiger partial charge < -0.3 is 10.1 Å². The molecule has 0 saturated heterocycles. The minimum Gasteiger partial charge on any atom is -0.465 e. The van der Waals surface area contributed by atoms with Crippen molar-refractivity contribution in [3.05, 3.63) is 62.8 Å². The third kappa shape index (κ3) is 3.95. The number of benzene rings is 2. The highest BCUT2D eigenvalue weighted by Crippen LogP contribution is 2.24. The van der Waals surface area contributed by atoms with Gasteiger partial charge in [-0.25, -0.2) is 9.18 Å². The topological polar surface area (TPSA) is 38.3 Å². The van der Waals surface area contributed by atoms with Gasteiger partial charge in [0.2, 0.25) is 0 Å². The highest BCUT2D eigenvalue weighted by Gasteiger charge is 2.13. The molecule has 0 bridgehead atoms. The minimum absolute atomic E-state index is 0.158. The van der Waals surface area contributed by atoms with Gasteiger partial charge in [0.05, 0.1) is 17.7 Å². The first-order chi connectivity index (χ1) is 10.0. The van der Waals surface area contributed by atoms with E-state index in [2.05, 4.69) is 26.0 Å². The van der Waals surface area contributed by atoms with Gasteiger partial charge in [-0.05, 0) is 51.8 Å². The van der Waals surface area contributed by atoms with Gasteiger partial charge in [0.15, 0.2) is 0 Å². The Bertz CT molecular complexity index is 679. The Morgan fingerprint density at radius 2 is 2.10 bits per heavy atom. The van der Waals surface area contributed by atoms with Crippen LogP contribution in [-0.4, -0.2) is 13.1 Å².